The third kappa shape index (κ3) is 1.90. The van der Waals surface area contributed by atoms with E-state index in [9.17, 15) is 0 Å². The number of benzene rings is 2. The van der Waals surface area contributed by atoms with Crippen molar-refractivity contribution < 1.29 is 19.8 Å². The third-order valence-electron chi connectivity index (χ3n) is 3.44. The molecule has 0 radical (unpaired) electrons. The quantitative estimate of drug-likeness (QED) is 0.782. The van der Waals surface area contributed by atoms with Gasteiger partial charge in [-0.15, -0.1) is 9.98 Å². The first-order valence-electron chi connectivity index (χ1n) is 6.59. The molecule has 0 aromatic heterocycles. The fraction of sp³-hybridized carbons (Fsp3) is 0.286. The van der Waals surface area contributed by atoms with Crippen molar-refractivity contribution in [2.45, 2.75) is 0 Å². The number of hydrogen-bond acceptors (Lipinski definition) is 6. The third-order valence-corrected chi connectivity index (χ3v) is 3.44. The Labute approximate surface area is 115 Å². The highest BCUT2D eigenvalue weighted by molar-refractivity contribution is 6.00. The predicted molar refractivity (Wildman–Crippen MR) is 72.7 cm³/mol. The van der Waals surface area contributed by atoms with E-state index in [0.717, 1.165) is 22.1 Å². The van der Waals surface area contributed by atoms with Crippen LogP contribution in [0, 0.1) is 0 Å². The minimum absolute atomic E-state index is 0.542. The lowest BCUT2D eigenvalue weighted by atomic mass is 10.1. The molecule has 0 spiro atoms. The van der Waals surface area contributed by atoms with Gasteiger partial charge in [-0.25, -0.2) is 19.9 Å². The zero-order chi connectivity index (χ0) is 13.4. The van der Waals surface area contributed by atoms with E-state index in [2.05, 4.69) is 18.2 Å². The van der Waals surface area contributed by atoms with Crippen molar-refractivity contribution in [1.29, 1.82) is 0 Å². The van der Waals surface area contributed by atoms with Crippen molar-refractivity contribution in [2.24, 2.45) is 0 Å². The first-order chi connectivity index (χ1) is 9.93. The maximum atomic E-state index is 5.26. The highest BCUT2D eigenvalue weighted by Crippen LogP contribution is 2.38. The van der Waals surface area contributed by atoms with E-state index in [1.54, 1.807) is 10.1 Å². The van der Waals surface area contributed by atoms with Crippen molar-refractivity contribution in [1.82, 2.24) is 0 Å². The van der Waals surface area contributed by atoms with E-state index in [0.29, 0.717) is 26.3 Å². The van der Waals surface area contributed by atoms with Gasteiger partial charge in [0.05, 0.1) is 18.8 Å². The molecule has 0 unspecified atom stereocenters. The Morgan fingerprint density at radius 2 is 1.55 bits per heavy atom. The number of rotatable bonds is 2. The summed E-state index contributed by atoms with van der Waals surface area (Å²) in [7, 11) is 0. The highest BCUT2D eigenvalue weighted by atomic mass is 17.3. The second kappa shape index (κ2) is 4.92. The fourth-order valence-corrected chi connectivity index (χ4v) is 2.53. The number of nitrogens with zero attached hydrogens (tertiary/aromatic N) is 2. The second-order valence-corrected chi connectivity index (χ2v) is 4.65. The van der Waals surface area contributed by atoms with E-state index < -0.39 is 0 Å². The van der Waals surface area contributed by atoms with Crippen molar-refractivity contribution >= 4 is 22.1 Å². The van der Waals surface area contributed by atoms with Crippen LogP contribution in [0.1, 0.15) is 0 Å². The first-order valence-corrected chi connectivity index (χ1v) is 6.59. The van der Waals surface area contributed by atoms with E-state index in [-0.39, 0.29) is 0 Å². The summed E-state index contributed by atoms with van der Waals surface area (Å²) in [4.78, 5) is 20.4. The van der Waals surface area contributed by atoms with E-state index >= 15 is 0 Å². The van der Waals surface area contributed by atoms with E-state index in [1.165, 1.54) is 0 Å². The van der Waals surface area contributed by atoms with Gasteiger partial charge < -0.3 is 0 Å². The minimum atomic E-state index is 0.542. The molecule has 4 rings (SSSR count). The molecule has 2 aromatic rings. The van der Waals surface area contributed by atoms with E-state index in [1.807, 2.05) is 18.2 Å². The molecule has 0 bridgehead atoms. The molecule has 2 heterocycles. The van der Waals surface area contributed by atoms with Gasteiger partial charge in [0.1, 0.15) is 18.9 Å². The van der Waals surface area contributed by atoms with Gasteiger partial charge in [0.2, 0.25) is 0 Å². The Morgan fingerprint density at radius 1 is 0.800 bits per heavy atom. The average Bonchev–Trinajstić information content (AvgIpc) is 3.19. The van der Waals surface area contributed by atoms with Crippen LogP contribution in [0.3, 0.4) is 0 Å². The molecule has 20 heavy (non-hydrogen) atoms. The van der Waals surface area contributed by atoms with Crippen LogP contribution >= 0.6 is 0 Å². The van der Waals surface area contributed by atoms with Gasteiger partial charge in [0, 0.05) is 5.39 Å². The van der Waals surface area contributed by atoms with Gasteiger partial charge in [0.15, 0.2) is 0 Å². The van der Waals surface area contributed by atoms with Crippen LogP contribution in [0.2, 0.25) is 0 Å². The Bertz CT molecular complexity index is 622. The normalized spacial score (nSPS) is 19.2. The molecule has 2 aliphatic rings. The Hall–Kier alpha value is -1.86. The molecule has 2 saturated heterocycles. The maximum absolute atomic E-state index is 5.26. The maximum Gasteiger partial charge on any atom is 0.105 e. The Morgan fingerprint density at radius 3 is 2.30 bits per heavy atom. The van der Waals surface area contributed by atoms with Gasteiger partial charge in [-0.05, 0) is 11.5 Å². The molecule has 2 aromatic carbocycles. The van der Waals surface area contributed by atoms with Crippen molar-refractivity contribution in [3.8, 4) is 0 Å². The predicted octanol–water partition coefficient (Wildman–Crippen LogP) is 2.21. The summed E-state index contributed by atoms with van der Waals surface area (Å²) in [5.74, 6) is 0. The minimum Gasteiger partial charge on any atom is -0.218 e. The van der Waals surface area contributed by atoms with Crippen molar-refractivity contribution in [3.05, 3.63) is 36.4 Å². The standard InChI is InChI=1S/C14H14N2O4/c1-2-4-12-11(3-1)5-6-13(15-7-9-17-19-15)14(12)16-8-10-18-20-16/h1-6H,7-10H2. The van der Waals surface area contributed by atoms with Gasteiger partial charge >= 0.3 is 0 Å². The molecular formula is C14H14N2O4. The fourth-order valence-electron chi connectivity index (χ4n) is 2.53. The average molecular weight is 274 g/mol. The molecule has 0 amide bonds. The summed E-state index contributed by atoms with van der Waals surface area (Å²) < 4.78 is 0. The van der Waals surface area contributed by atoms with Gasteiger partial charge in [-0.2, -0.15) is 0 Å². The van der Waals surface area contributed by atoms with Crippen LogP contribution in [0.4, 0.5) is 11.4 Å². The summed E-state index contributed by atoms with van der Waals surface area (Å²) in [6.45, 7) is 2.44. The molecule has 0 aliphatic carbocycles. The van der Waals surface area contributed by atoms with Crippen LogP contribution in [0.15, 0.2) is 36.4 Å². The number of fused-ring (bicyclic) bond motifs is 1. The SMILES string of the molecule is c1ccc2c(N3CCOO3)c(N3CCOO3)ccc2c1. The topological polar surface area (TPSA) is 43.4 Å². The molecule has 0 N–H and O–H groups in total. The molecule has 0 atom stereocenters. The van der Waals surface area contributed by atoms with E-state index in [4.69, 9.17) is 19.8 Å². The molecular weight excluding hydrogens is 260 g/mol. The molecule has 0 saturated carbocycles. The largest absolute Gasteiger partial charge is 0.218 e. The summed E-state index contributed by atoms with van der Waals surface area (Å²) in [6.07, 6.45) is 0. The van der Waals surface area contributed by atoms with Crippen LogP contribution < -0.4 is 10.1 Å². The number of hydroxylamine groups is 2. The Balaban J connectivity index is 1.90. The first kappa shape index (κ1) is 11.9. The molecule has 6 nitrogen and oxygen atoms in total. The van der Waals surface area contributed by atoms with Gasteiger partial charge in [-0.3, -0.25) is 0 Å². The lowest BCUT2D eigenvalue weighted by Gasteiger charge is -2.23. The lowest BCUT2D eigenvalue weighted by molar-refractivity contribution is -0.261. The van der Waals surface area contributed by atoms with Crippen LogP contribution in [0.25, 0.3) is 10.8 Å². The molecule has 2 aliphatic heterocycles. The zero-order valence-electron chi connectivity index (χ0n) is 10.8. The summed E-state index contributed by atoms with van der Waals surface area (Å²) in [5.41, 5.74) is 1.85. The summed E-state index contributed by atoms with van der Waals surface area (Å²) in [5, 5.41) is 5.70. The number of anilines is 2. The number of hydrogen-bond donors (Lipinski definition) is 0. The smallest absolute Gasteiger partial charge is 0.105 e. The van der Waals surface area contributed by atoms with Crippen molar-refractivity contribution in [3.63, 3.8) is 0 Å². The second-order valence-electron chi connectivity index (χ2n) is 4.65. The Kier molecular flexibility index (Phi) is 2.93. The van der Waals surface area contributed by atoms with Crippen molar-refractivity contribution in [2.75, 3.05) is 36.4 Å². The summed E-state index contributed by atoms with van der Waals surface area (Å²) >= 11 is 0. The van der Waals surface area contributed by atoms with Gasteiger partial charge in [-0.1, -0.05) is 30.3 Å². The van der Waals surface area contributed by atoms with Crippen LogP contribution in [-0.4, -0.2) is 26.3 Å². The summed E-state index contributed by atoms with van der Waals surface area (Å²) in [6, 6.07) is 12.2. The van der Waals surface area contributed by atoms with Gasteiger partial charge in [0.25, 0.3) is 0 Å². The van der Waals surface area contributed by atoms with Crippen LogP contribution in [0.5, 0.6) is 0 Å². The lowest BCUT2D eigenvalue weighted by Crippen LogP contribution is -2.23. The molecule has 2 fully saturated rings. The van der Waals surface area contributed by atoms with Crippen LogP contribution in [-0.2, 0) is 19.8 Å². The zero-order valence-corrected chi connectivity index (χ0v) is 10.8. The molecule has 6 heteroatoms. The molecule has 104 valence electrons. The highest BCUT2D eigenvalue weighted by Gasteiger charge is 2.26. The monoisotopic (exact) mass is 274 g/mol.